The molecule has 221 valence electrons. The van der Waals surface area contributed by atoms with E-state index in [1.54, 1.807) is 11.3 Å². The van der Waals surface area contributed by atoms with Crippen molar-refractivity contribution in [2.45, 2.75) is 27.7 Å². The van der Waals surface area contributed by atoms with Gasteiger partial charge in [-0.05, 0) is 73.3 Å². The molecule has 0 unspecified atom stereocenters. The van der Waals surface area contributed by atoms with Crippen molar-refractivity contribution in [1.29, 1.82) is 0 Å². The number of thiophene rings is 1. The van der Waals surface area contributed by atoms with Crippen molar-refractivity contribution >= 4 is 49.3 Å². The third kappa shape index (κ3) is 6.29. The number of fused-ring (bicyclic) bond motifs is 4. The quantitative estimate of drug-likeness (QED) is 0.110. The molecule has 0 saturated heterocycles. The molecule has 0 amide bonds. The van der Waals surface area contributed by atoms with Gasteiger partial charge in [-0.25, -0.2) is 0 Å². The first-order valence-corrected chi connectivity index (χ1v) is 14.9. The summed E-state index contributed by atoms with van der Waals surface area (Å²) in [4.78, 5) is 17.3. The molecule has 4 aromatic carbocycles. The average Bonchev–Trinajstić information content (AvgIpc) is 3.58. The van der Waals surface area contributed by atoms with E-state index in [0.717, 1.165) is 43.4 Å². The molecule has 3 aromatic heterocycles. The Morgan fingerprint density at radius 1 is 0.864 bits per heavy atom. The van der Waals surface area contributed by atoms with Crippen LogP contribution in [0.25, 0.3) is 65.0 Å². The van der Waals surface area contributed by atoms with Crippen LogP contribution in [-0.2, 0) is 24.9 Å². The van der Waals surface area contributed by atoms with E-state index < -0.39 is 0 Å². The molecule has 0 aliphatic rings. The van der Waals surface area contributed by atoms with Gasteiger partial charge in [-0.2, -0.15) is 0 Å². The monoisotopic (exact) mass is 773 g/mol. The van der Waals surface area contributed by atoms with Crippen LogP contribution < -0.4 is 0 Å². The normalized spacial score (nSPS) is 11.3. The molecule has 6 heteroatoms. The average molecular weight is 773 g/mol. The number of hydrogen-bond acceptors (Lipinski definition) is 5. The number of pyridine rings is 1. The molecule has 3 heterocycles. The number of furan rings is 1. The number of para-hydroxylation sites is 1. The first-order chi connectivity index (χ1) is 20.8. The van der Waals surface area contributed by atoms with Crippen LogP contribution in [0.1, 0.15) is 25.0 Å². The summed E-state index contributed by atoms with van der Waals surface area (Å²) in [5.41, 5.74) is 9.90. The van der Waals surface area contributed by atoms with Crippen molar-refractivity contribution in [3.05, 3.63) is 126 Å². The van der Waals surface area contributed by atoms with E-state index in [-0.39, 0.29) is 31.6 Å². The molecule has 0 atom stereocenters. The molecule has 0 spiro atoms. The van der Waals surface area contributed by atoms with E-state index >= 15 is 0 Å². The van der Waals surface area contributed by atoms with Crippen LogP contribution in [-0.4, -0.2) is 15.9 Å². The second kappa shape index (κ2) is 13.1. The second-order valence-corrected chi connectivity index (χ2v) is 11.7. The van der Waals surface area contributed by atoms with Gasteiger partial charge in [-0.1, -0.05) is 83.7 Å². The van der Waals surface area contributed by atoms with E-state index in [1.165, 1.54) is 52.6 Å². The Bertz CT molecular complexity index is 2130. The molecular weight excluding hydrogens is 743 g/mol. The molecule has 7 rings (SSSR count). The van der Waals surface area contributed by atoms with Crippen molar-refractivity contribution in [1.82, 2.24) is 4.98 Å². The number of aryl methyl sites for hydroxylation is 2. The standard InChI is InChI=1S/C33H22NOS.C5H8O2.Ir/c1-20-7-5-8-21(2)31(20)23-15-13-22(14-16-23)30-19-24-17-18-28(34-33(24)36-30)27-11-6-10-26-25-9-3-4-12-29(25)35-32(26)27;1-4(6)3-5(2)7;/h3-10,12-19H,1-2H3;3,6H,1-2H3;/q-1;;/b;4-3-;. The summed E-state index contributed by atoms with van der Waals surface area (Å²) in [6, 6.07) is 37.4. The molecule has 4 nitrogen and oxygen atoms in total. The number of aliphatic hydroxyl groups is 1. The number of carbonyl (C=O) groups is 1. The van der Waals surface area contributed by atoms with Crippen molar-refractivity contribution < 1.29 is 34.4 Å². The first kappa shape index (κ1) is 31.1. The van der Waals surface area contributed by atoms with Gasteiger partial charge in [0.15, 0.2) is 5.78 Å². The number of ketones is 1. The first-order valence-electron chi connectivity index (χ1n) is 14.1. The zero-order chi connectivity index (χ0) is 30.1. The number of hydrogen-bond donors (Lipinski definition) is 1. The number of aromatic nitrogens is 1. The van der Waals surface area contributed by atoms with Crippen molar-refractivity contribution in [3.63, 3.8) is 0 Å². The van der Waals surface area contributed by atoms with E-state index in [1.807, 2.05) is 24.3 Å². The number of allylic oxidation sites excluding steroid dienone is 2. The summed E-state index contributed by atoms with van der Waals surface area (Å²) in [6.45, 7) is 7.20. The molecule has 0 fully saturated rings. The molecule has 7 aromatic rings. The summed E-state index contributed by atoms with van der Waals surface area (Å²) in [5, 5.41) is 11.7. The smallest absolute Gasteiger partial charge is 0.155 e. The van der Waals surface area contributed by atoms with Crippen LogP contribution in [0.3, 0.4) is 0 Å². The minimum absolute atomic E-state index is 0. The predicted molar refractivity (Wildman–Crippen MR) is 179 cm³/mol. The van der Waals surface area contributed by atoms with Crippen LogP contribution in [0.5, 0.6) is 0 Å². The Hall–Kier alpha value is -4.35. The molecule has 0 bridgehead atoms. The fraction of sp³-hybridized carbons (Fsp3) is 0.105. The maximum absolute atomic E-state index is 10.0. The van der Waals surface area contributed by atoms with Gasteiger partial charge < -0.3 is 9.52 Å². The number of rotatable bonds is 4. The van der Waals surface area contributed by atoms with Crippen LogP contribution in [0.4, 0.5) is 0 Å². The van der Waals surface area contributed by atoms with Crippen molar-refractivity contribution in [3.8, 4) is 32.8 Å². The largest absolute Gasteiger partial charge is 0.512 e. The van der Waals surface area contributed by atoms with Crippen LogP contribution in [0, 0.1) is 19.9 Å². The van der Waals surface area contributed by atoms with Crippen LogP contribution >= 0.6 is 11.3 Å². The number of benzene rings is 4. The van der Waals surface area contributed by atoms with Gasteiger partial charge in [0.1, 0.15) is 10.4 Å². The van der Waals surface area contributed by atoms with E-state index in [2.05, 4.69) is 92.7 Å². The SMILES string of the molecule is CC(=O)/C=C(/C)O.Cc1cccc(C)c1-c1ccc(-c2cc3ccc(-c4[c-]ccc5c4oc4ccccc45)nc3s2)cc1.[Ir]. The van der Waals surface area contributed by atoms with Gasteiger partial charge in [-0.3, -0.25) is 9.78 Å². The van der Waals surface area contributed by atoms with Crippen LogP contribution in [0.2, 0.25) is 0 Å². The fourth-order valence-electron chi connectivity index (χ4n) is 5.44. The minimum atomic E-state index is -0.125. The molecular formula is C38H30IrNO3S-. The Morgan fingerprint density at radius 2 is 1.57 bits per heavy atom. The summed E-state index contributed by atoms with van der Waals surface area (Å²) < 4.78 is 6.22. The third-order valence-corrected chi connectivity index (χ3v) is 8.42. The Balaban J connectivity index is 0.000000433. The summed E-state index contributed by atoms with van der Waals surface area (Å²) in [7, 11) is 0. The minimum Gasteiger partial charge on any atom is -0.512 e. The van der Waals surface area contributed by atoms with Gasteiger partial charge in [-0.15, -0.1) is 29.5 Å². The molecule has 0 saturated carbocycles. The summed E-state index contributed by atoms with van der Waals surface area (Å²) in [6.07, 6.45) is 1.17. The van der Waals surface area contributed by atoms with Gasteiger partial charge in [0, 0.05) is 41.8 Å². The zero-order valence-corrected chi connectivity index (χ0v) is 28.0. The molecule has 0 aliphatic heterocycles. The second-order valence-electron chi connectivity index (χ2n) is 10.6. The maximum Gasteiger partial charge on any atom is 0.155 e. The Kier molecular flexibility index (Phi) is 9.26. The van der Waals surface area contributed by atoms with Gasteiger partial charge >= 0.3 is 0 Å². The summed E-state index contributed by atoms with van der Waals surface area (Å²) >= 11 is 1.72. The summed E-state index contributed by atoms with van der Waals surface area (Å²) in [5.74, 6) is -0.0625. The molecule has 44 heavy (non-hydrogen) atoms. The Morgan fingerprint density at radius 3 is 2.25 bits per heavy atom. The van der Waals surface area contributed by atoms with Crippen LogP contribution in [0.15, 0.2) is 113 Å². The molecule has 0 aliphatic carbocycles. The van der Waals surface area contributed by atoms with Gasteiger partial charge in [0.2, 0.25) is 0 Å². The van der Waals surface area contributed by atoms with Crippen molar-refractivity contribution in [2.24, 2.45) is 0 Å². The number of aliphatic hydroxyl groups excluding tert-OH is 1. The molecule has 1 N–H and O–H groups in total. The third-order valence-electron chi connectivity index (χ3n) is 7.33. The fourth-order valence-corrected chi connectivity index (χ4v) is 6.48. The Labute approximate surface area is 274 Å². The topological polar surface area (TPSA) is 63.3 Å². The zero-order valence-electron chi connectivity index (χ0n) is 24.8. The maximum atomic E-state index is 10.0. The van der Waals surface area contributed by atoms with Gasteiger partial charge in [0.05, 0.1) is 11.3 Å². The van der Waals surface area contributed by atoms with Crippen molar-refractivity contribution in [2.75, 3.05) is 0 Å². The van der Waals surface area contributed by atoms with Gasteiger partial charge in [0.25, 0.3) is 0 Å². The predicted octanol–water partition coefficient (Wildman–Crippen LogP) is 10.6. The molecule has 1 radical (unpaired) electrons. The number of carbonyl (C=O) groups excluding carboxylic acids is 1. The van der Waals surface area contributed by atoms with E-state index in [9.17, 15) is 4.79 Å². The van der Waals surface area contributed by atoms with E-state index in [4.69, 9.17) is 14.5 Å². The number of nitrogens with zero attached hydrogens (tertiary/aromatic N) is 1. The van der Waals surface area contributed by atoms with E-state index in [0.29, 0.717) is 0 Å².